The number of thiazole rings is 1. The van der Waals surface area contributed by atoms with Gasteiger partial charge in [0.25, 0.3) is 0 Å². The summed E-state index contributed by atoms with van der Waals surface area (Å²) in [6.45, 7) is 3.13. The molecule has 0 unspecified atom stereocenters. The van der Waals surface area contributed by atoms with Crippen molar-refractivity contribution in [3.05, 3.63) is 10.0 Å². The van der Waals surface area contributed by atoms with Crippen LogP contribution >= 0.6 is 22.9 Å². The van der Waals surface area contributed by atoms with Gasteiger partial charge >= 0.3 is 5.97 Å². The summed E-state index contributed by atoms with van der Waals surface area (Å²) in [5, 5.41) is 4.25. The van der Waals surface area contributed by atoms with Gasteiger partial charge in [0.05, 0.1) is 7.11 Å². The number of anilines is 1. The van der Waals surface area contributed by atoms with Gasteiger partial charge in [0.1, 0.15) is 0 Å². The third-order valence-electron chi connectivity index (χ3n) is 3.99. The highest BCUT2D eigenvalue weighted by Gasteiger charge is 2.32. The number of ether oxygens (including phenoxy) is 1. The number of nitrogens with zero attached hydrogens (tertiary/aromatic N) is 1. The van der Waals surface area contributed by atoms with Crippen LogP contribution in [0.5, 0.6) is 0 Å². The molecule has 0 aromatic carbocycles. The summed E-state index contributed by atoms with van der Waals surface area (Å²) in [7, 11) is 1.34. The molecule has 1 aromatic rings. The van der Waals surface area contributed by atoms with Crippen molar-refractivity contribution in [2.45, 2.75) is 39.0 Å². The van der Waals surface area contributed by atoms with Gasteiger partial charge in [-0.25, -0.2) is 9.78 Å². The Morgan fingerprint density at radius 3 is 2.79 bits per heavy atom. The lowest BCUT2D eigenvalue weighted by molar-refractivity contribution is 0.0606. The van der Waals surface area contributed by atoms with Gasteiger partial charge in [-0.2, -0.15) is 0 Å². The molecule has 4 nitrogen and oxygen atoms in total. The Bertz CT molecular complexity index is 455. The van der Waals surface area contributed by atoms with Gasteiger partial charge < -0.3 is 10.1 Å². The minimum Gasteiger partial charge on any atom is -0.465 e. The van der Waals surface area contributed by atoms with Gasteiger partial charge in [0, 0.05) is 6.54 Å². The molecule has 1 N–H and O–H groups in total. The van der Waals surface area contributed by atoms with Crippen molar-refractivity contribution in [1.29, 1.82) is 0 Å². The molecule has 1 aromatic heterocycles. The number of halogens is 1. The largest absolute Gasteiger partial charge is 0.465 e. The minimum atomic E-state index is -0.429. The number of methoxy groups -OCH3 is 1. The van der Waals surface area contributed by atoms with Crippen molar-refractivity contribution in [2.75, 3.05) is 19.0 Å². The number of aromatic nitrogens is 1. The van der Waals surface area contributed by atoms with E-state index in [4.69, 9.17) is 11.6 Å². The lowest BCUT2D eigenvalue weighted by atomic mass is 9.83. The number of hydrogen-bond acceptors (Lipinski definition) is 5. The summed E-state index contributed by atoms with van der Waals surface area (Å²) in [6, 6.07) is 0. The van der Waals surface area contributed by atoms with E-state index in [9.17, 15) is 4.79 Å². The predicted octanol–water partition coefficient (Wildman–Crippen LogP) is 3.97. The number of carbonyl (C=O) groups is 1. The third kappa shape index (κ3) is 3.20. The van der Waals surface area contributed by atoms with Crippen LogP contribution < -0.4 is 5.32 Å². The first kappa shape index (κ1) is 14.6. The van der Waals surface area contributed by atoms with Crippen LogP contribution in [0, 0.1) is 5.41 Å². The second-order valence-corrected chi connectivity index (χ2v) is 6.40. The molecule has 0 radical (unpaired) electrons. The molecule has 1 fully saturated rings. The van der Waals surface area contributed by atoms with E-state index < -0.39 is 5.97 Å². The zero-order chi connectivity index (χ0) is 13.9. The Labute approximate surface area is 122 Å². The topological polar surface area (TPSA) is 51.2 Å². The predicted molar refractivity (Wildman–Crippen MR) is 78.1 cm³/mol. The molecule has 0 amide bonds. The molecule has 1 saturated carbocycles. The Hall–Kier alpha value is -0.810. The van der Waals surface area contributed by atoms with Crippen LogP contribution in [0.25, 0.3) is 0 Å². The molecule has 106 valence electrons. The fraction of sp³-hybridized carbons (Fsp3) is 0.692. The van der Waals surface area contributed by atoms with Crippen LogP contribution in [0.1, 0.15) is 48.7 Å². The van der Waals surface area contributed by atoms with Gasteiger partial charge in [0.2, 0.25) is 0 Å². The normalized spacial score (nSPS) is 17.4. The van der Waals surface area contributed by atoms with Crippen molar-refractivity contribution in [1.82, 2.24) is 4.98 Å². The standard InChI is InChI=1S/C13H19ClN2O2S/c1-3-13(6-4-5-7-13)8-15-12-16-10(14)9(19-12)11(17)18-2/h3-8H2,1-2H3,(H,15,16). The molecule has 0 spiro atoms. The van der Waals surface area contributed by atoms with E-state index in [0.717, 1.165) is 6.54 Å². The molecular formula is C13H19ClN2O2S. The Morgan fingerprint density at radius 1 is 1.53 bits per heavy atom. The Balaban J connectivity index is 2.02. The van der Waals surface area contributed by atoms with Crippen LogP contribution in [-0.4, -0.2) is 24.6 Å². The maximum Gasteiger partial charge on any atom is 0.351 e. The van der Waals surface area contributed by atoms with Gasteiger partial charge in [-0.1, -0.05) is 42.7 Å². The van der Waals surface area contributed by atoms with Crippen LogP contribution in [0.4, 0.5) is 5.13 Å². The van der Waals surface area contributed by atoms with E-state index in [1.165, 1.54) is 50.6 Å². The van der Waals surface area contributed by atoms with E-state index in [1.807, 2.05) is 0 Å². The summed E-state index contributed by atoms with van der Waals surface area (Å²) >= 11 is 7.20. The SMILES string of the molecule is CCC1(CNc2nc(Cl)c(C(=O)OC)s2)CCCC1. The molecule has 1 heterocycles. The molecule has 0 aliphatic heterocycles. The molecule has 0 saturated heterocycles. The number of rotatable bonds is 5. The smallest absolute Gasteiger partial charge is 0.351 e. The molecule has 6 heteroatoms. The second-order valence-electron chi connectivity index (χ2n) is 5.04. The first-order valence-electron chi connectivity index (χ1n) is 6.59. The minimum absolute atomic E-state index is 0.219. The van der Waals surface area contributed by atoms with Crippen molar-refractivity contribution < 1.29 is 9.53 Å². The van der Waals surface area contributed by atoms with Gasteiger partial charge in [0.15, 0.2) is 15.2 Å². The maximum absolute atomic E-state index is 11.5. The van der Waals surface area contributed by atoms with E-state index >= 15 is 0 Å². The molecule has 19 heavy (non-hydrogen) atoms. The molecule has 1 aliphatic rings. The van der Waals surface area contributed by atoms with Gasteiger partial charge in [-0.15, -0.1) is 0 Å². The molecule has 1 aliphatic carbocycles. The Kier molecular flexibility index (Phi) is 4.68. The zero-order valence-corrected chi connectivity index (χ0v) is 12.9. The van der Waals surface area contributed by atoms with E-state index in [0.29, 0.717) is 15.4 Å². The van der Waals surface area contributed by atoms with Gasteiger partial charge in [-0.05, 0) is 24.7 Å². The third-order valence-corrected chi connectivity index (χ3v) is 5.36. The van der Waals surface area contributed by atoms with Crippen LogP contribution in [0.3, 0.4) is 0 Å². The summed E-state index contributed by atoms with van der Waals surface area (Å²) in [4.78, 5) is 16.0. The van der Waals surface area contributed by atoms with E-state index in [2.05, 4.69) is 22.0 Å². The average Bonchev–Trinajstić information content (AvgIpc) is 3.03. The monoisotopic (exact) mass is 302 g/mol. The average molecular weight is 303 g/mol. The van der Waals surface area contributed by atoms with Crippen LogP contribution in [-0.2, 0) is 4.74 Å². The summed E-state index contributed by atoms with van der Waals surface area (Å²) in [6.07, 6.45) is 6.31. The highest BCUT2D eigenvalue weighted by Crippen LogP contribution is 2.41. The van der Waals surface area contributed by atoms with Crippen molar-refractivity contribution in [2.24, 2.45) is 5.41 Å². The lowest BCUT2D eigenvalue weighted by Gasteiger charge is -2.27. The molecule has 0 bridgehead atoms. The fourth-order valence-electron chi connectivity index (χ4n) is 2.64. The van der Waals surface area contributed by atoms with Crippen molar-refractivity contribution in [3.63, 3.8) is 0 Å². The van der Waals surface area contributed by atoms with Crippen LogP contribution in [0.2, 0.25) is 5.15 Å². The quantitative estimate of drug-likeness (QED) is 0.836. The van der Waals surface area contributed by atoms with Crippen molar-refractivity contribution in [3.8, 4) is 0 Å². The van der Waals surface area contributed by atoms with Crippen molar-refractivity contribution >= 4 is 34.0 Å². The Morgan fingerprint density at radius 2 is 2.21 bits per heavy atom. The van der Waals surface area contributed by atoms with E-state index in [-0.39, 0.29) is 5.15 Å². The summed E-state index contributed by atoms with van der Waals surface area (Å²) < 4.78 is 4.67. The lowest BCUT2D eigenvalue weighted by Crippen LogP contribution is -2.25. The molecular weight excluding hydrogens is 284 g/mol. The fourth-order valence-corrected chi connectivity index (χ4v) is 3.74. The van der Waals surface area contributed by atoms with Crippen LogP contribution in [0.15, 0.2) is 0 Å². The van der Waals surface area contributed by atoms with Gasteiger partial charge in [-0.3, -0.25) is 0 Å². The van der Waals surface area contributed by atoms with E-state index in [1.54, 1.807) is 0 Å². The molecule has 2 rings (SSSR count). The first-order valence-corrected chi connectivity index (χ1v) is 7.78. The summed E-state index contributed by atoms with van der Waals surface area (Å²) in [5.41, 5.74) is 0.379. The molecule has 0 atom stereocenters. The zero-order valence-electron chi connectivity index (χ0n) is 11.3. The number of carbonyl (C=O) groups excluding carboxylic acids is 1. The second kappa shape index (κ2) is 6.09. The number of hydrogen-bond donors (Lipinski definition) is 1. The number of nitrogens with one attached hydrogen (secondary N) is 1. The highest BCUT2D eigenvalue weighted by atomic mass is 35.5. The first-order chi connectivity index (χ1) is 9.10. The summed E-state index contributed by atoms with van der Waals surface area (Å²) in [5.74, 6) is -0.429. The number of esters is 1. The maximum atomic E-state index is 11.5. The highest BCUT2D eigenvalue weighted by molar-refractivity contribution is 7.18.